The molecule has 132 valence electrons. The Bertz CT molecular complexity index is 927. The number of nitrogens with zero attached hydrogens (tertiary/aromatic N) is 2. The number of aromatic nitrogens is 2. The molecule has 1 aromatic heterocycles. The van der Waals surface area contributed by atoms with Gasteiger partial charge in [0, 0.05) is 11.9 Å². The molecule has 0 saturated carbocycles. The summed E-state index contributed by atoms with van der Waals surface area (Å²) in [4.78, 5) is 17.2. The SMILES string of the molecule is CSc1n[nH]c(/N=C\c2ccc(C)cc2)c1C(=O)Nc1ccc(C)cc1. The summed E-state index contributed by atoms with van der Waals surface area (Å²) in [6.07, 6.45) is 3.60. The van der Waals surface area contributed by atoms with Gasteiger partial charge in [0.1, 0.15) is 10.6 Å². The first-order chi connectivity index (χ1) is 12.6. The number of aryl methyl sites for hydroxylation is 2. The van der Waals surface area contributed by atoms with E-state index in [-0.39, 0.29) is 5.91 Å². The number of hydrogen-bond acceptors (Lipinski definition) is 4. The van der Waals surface area contributed by atoms with Gasteiger partial charge in [-0.1, -0.05) is 47.5 Å². The Morgan fingerprint density at radius 2 is 1.69 bits per heavy atom. The average molecular weight is 364 g/mol. The van der Waals surface area contributed by atoms with E-state index in [1.165, 1.54) is 17.3 Å². The van der Waals surface area contributed by atoms with E-state index in [0.717, 1.165) is 16.8 Å². The first-order valence-corrected chi connectivity index (χ1v) is 9.40. The van der Waals surface area contributed by atoms with Gasteiger partial charge in [0.15, 0.2) is 5.82 Å². The predicted molar refractivity (Wildman–Crippen MR) is 108 cm³/mol. The Kier molecular flexibility index (Phi) is 5.53. The molecule has 0 saturated heterocycles. The summed E-state index contributed by atoms with van der Waals surface area (Å²) >= 11 is 1.40. The van der Waals surface area contributed by atoms with E-state index in [2.05, 4.69) is 20.5 Å². The second-order valence-electron chi connectivity index (χ2n) is 5.95. The molecule has 0 radical (unpaired) electrons. The molecule has 0 aliphatic rings. The first-order valence-electron chi connectivity index (χ1n) is 8.18. The maximum Gasteiger partial charge on any atom is 0.262 e. The van der Waals surface area contributed by atoms with E-state index in [1.54, 1.807) is 6.21 Å². The lowest BCUT2D eigenvalue weighted by Gasteiger charge is -2.06. The highest BCUT2D eigenvalue weighted by atomic mass is 32.2. The summed E-state index contributed by atoms with van der Waals surface area (Å²) in [6.45, 7) is 4.04. The summed E-state index contributed by atoms with van der Waals surface area (Å²) in [6, 6.07) is 15.7. The lowest BCUT2D eigenvalue weighted by molar-refractivity contribution is 0.102. The van der Waals surface area contributed by atoms with Gasteiger partial charge >= 0.3 is 0 Å². The van der Waals surface area contributed by atoms with Crippen LogP contribution in [0.25, 0.3) is 0 Å². The number of anilines is 1. The Labute approximate surface area is 156 Å². The fraction of sp³-hybridized carbons (Fsp3) is 0.150. The minimum Gasteiger partial charge on any atom is -0.322 e. The normalized spacial score (nSPS) is 11.0. The molecule has 26 heavy (non-hydrogen) atoms. The van der Waals surface area contributed by atoms with Crippen molar-refractivity contribution < 1.29 is 4.79 Å². The third-order valence-corrected chi connectivity index (χ3v) is 4.55. The number of amides is 1. The van der Waals surface area contributed by atoms with Crippen molar-refractivity contribution in [3.05, 3.63) is 70.8 Å². The highest BCUT2D eigenvalue weighted by molar-refractivity contribution is 7.98. The van der Waals surface area contributed by atoms with Crippen LogP contribution in [0.5, 0.6) is 0 Å². The van der Waals surface area contributed by atoms with Crippen molar-refractivity contribution in [3.63, 3.8) is 0 Å². The molecule has 1 amide bonds. The van der Waals surface area contributed by atoms with Crippen LogP contribution in [0.4, 0.5) is 11.5 Å². The number of carbonyl (C=O) groups is 1. The van der Waals surface area contributed by atoms with Gasteiger partial charge in [-0.15, -0.1) is 11.8 Å². The van der Waals surface area contributed by atoms with Gasteiger partial charge in [0.2, 0.25) is 0 Å². The number of rotatable bonds is 5. The molecule has 0 aliphatic heterocycles. The van der Waals surface area contributed by atoms with Crippen molar-refractivity contribution in [1.29, 1.82) is 0 Å². The van der Waals surface area contributed by atoms with Crippen molar-refractivity contribution in [2.24, 2.45) is 4.99 Å². The van der Waals surface area contributed by atoms with Gasteiger partial charge in [-0.25, -0.2) is 4.99 Å². The van der Waals surface area contributed by atoms with Crippen LogP contribution in [0, 0.1) is 13.8 Å². The van der Waals surface area contributed by atoms with Crippen LogP contribution in [-0.2, 0) is 0 Å². The fourth-order valence-electron chi connectivity index (χ4n) is 2.38. The molecule has 0 atom stereocenters. The van der Waals surface area contributed by atoms with Crippen molar-refractivity contribution in [3.8, 4) is 0 Å². The van der Waals surface area contributed by atoms with Crippen LogP contribution in [-0.4, -0.2) is 28.6 Å². The van der Waals surface area contributed by atoms with E-state index >= 15 is 0 Å². The molecular weight excluding hydrogens is 344 g/mol. The summed E-state index contributed by atoms with van der Waals surface area (Å²) in [5, 5.41) is 10.6. The second kappa shape index (κ2) is 8.01. The summed E-state index contributed by atoms with van der Waals surface area (Å²) in [5.74, 6) is 0.211. The van der Waals surface area contributed by atoms with Crippen molar-refractivity contribution in [2.45, 2.75) is 18.9 Å². The molecule has 3 rings (SSSR count). The van der Waals surface area contributed by atoms with E-state index in [0.29, 0.717) is 16.4 Å². The summed E-state index contributed by atoms with van der Waals surface area (Å²) in [5.41, 5.74) is 4.47. The molecule has 5 nitrogen and oxygen atoms in total. The summed E-state index contributed by atoms with van der Waals surface area (Å²) in [7, 11) is 0. The van der Waals surface area contributed by atoms with E-state index in [9.17, 15) is 4.79 Å². The zero-order chi connectivity index (χ0) is 18.5. The van der Waals surface area contributed by atoms with E-state index < -0.39 is 0 Å². The zero-order valence-electron chi connectivity index (χ0n) is 14.9. The molecule has 2 N–H and O–H groups in total. The van der Waals surface area contributed by atoms with Gasteiger partial charge < -0.3 is 5.32 Å². The number of aliphatic imine (C=N–C) groups is 1. The lowest BCUT2D eigenvalue weighted by atomic mass is 10.2. The van der Waals surface area contributed by atoms with Gasteiger partial charge in [-0.2, -0.15) is 5.10 Å². The molecule has 3 aromatic rings. The van der Waals surface area contributed by atoms with Crippen LogP contribution in [0.3, 0.4) is 0 Å². The third-order valence-electron chi connectivity index (χ3n) is 3.86. The minimum atomic E-state index is -0.233. The van der Waals surface area contributed by atoms with Crippen molar-refractivity contribution in [2.75, 3.05) is 11.6 Å². The standard InChI is InChI=1S/C20H20N4OS/c1-13-4-8-15(9-5-13)12-21-18-17(20(26-3)24-23-18)19(25)22-16-10-6-14(2)7-11-16/h4-12H,1-3H3,(H,22,25)(H,23,24)/b21-12-. The van der Waals surface area contributed by atoms with Gasteiger partial charge in [0.05, 0.1) is 0 Å². The Balaban J connectivity index is 1.85. The van der Waals surface area contributed by atoms with Gasteiger partial charge in [0.25, 0.3) is 5.91 Å². The highest BCUT2D eigenvalue weighted by Crippen LogP contribution is 2.27. The van der Waals surface area contributed by atoms with Crippen molar-refractivity contribution >= 4 is 35.4 Å². The van der Waals surface area contributed by atoms with Gasteiger partial charge in [-0.3, -0.25) is 9.89 Å². The van der Waals surface area contributed by atoms with Crippen LogP contribution in [0.15, 0.2) is 58.5 Å². The van der Waals surface area contributed by atoms with E-state index in [1.807, 2.05) is 68.6 Å². The molecule has 0 spiro atoms. The molecule has 2 aromatic carbocycles. The Morgan fingerprint density at radius 3 is 2.31 bits per heavy atom. The Morgan fingerprint density at radius 1 is 1.08 bits per heavy atom. The largest absolute Gasteiger partial charge is 0.322 e. The number of nitrogens with one attached hydrogen (secondary N) is 2. The van der Waals surface area contributed by atoms with E-state index in [4.69, 9.17) is 0 Å². The molecule has 0 aliphatic carbocycles. The molecule has 0 bridgehead atoms. The van der Waals surface area contributed by atoms with Gasteiger partial charge in [-0.05, 0) is 37.8 Å². The number of carbonyl (C=O) groups excluding carboxylic acids is 1. The average Bonchev–Trinajstić information content (AvgIpc) is 3.06. The lowest BCUT2D eigenvalue weighted by Crippen LogP contribution is -2.12. The minimum absolute atomic E-state index is 0.233. The quantitative estimate of drug-likeness (QED) is 0.507. The molecule has 6 heteroatoms. The topological polar surface area (TPSA) is 70.1 Å². The maximum absolute atomic E-state index is 12.8. The molecule has 0 fully saturated rings. The molecule has 0 unspecified atom stereocenters. The monoisotopic (exact) mass is 364 g/mol. The predicted octanol–water partition coefficient (Wildman–Crippen LogP) is 4.75. The smallest absolute Gasteiger partial charge is 0.262 e. The van der Waals surface area contributed by atoms with Crippen LogP contribution in [0.1, 0.15) is 27.0 Å². The summed E-state index contributed by atoms with van der Waals surface area (Å²) < 4.78 is 0. The van der Waals surface area contributed by atoms with Crippen LogP contribution < -0.4 is 5.32 Å². The number of hydrogen-bond donors (Lipinski definition) is 2. The Hall–Kier alpha value is -2.86. The second-order valence-corrected chi connectivity index (χ2v) is 6.74. The molecule has 1 heterocycles. The molecular formula is C20H20N4OS. The van der Waals surface area contributed by atoms with Crippen LogP contribution in [0.2, 0.25) is 0 Å². The third kappa shape index (κ3) is 4.21. The number of H-pyrrole nitrogens is 1. The first kappa shape index (κ1) is 17.9. The van der Waals surface area contributed by atoms with Crippen molar-refractivity contribution in [1.82, 2.24) is 10.2 Å². The number of aromatic amines is 1. The number of thioether (sulfide) groups is 1. The fourth-order valence-corrected chi connectivity index (χ4v) is 2.92. The maximum atomic E-state index is 12.8. The van der Waals surface area contributed by atoms with Crippen LogP contribution >= 0.6 is 11.8 Å². The zero-order valence-corrected chi connectivity index (χ0v) is 15.7. The highest BCUT2D eigenvalue weighted by Gasteiger charge is 2.20. The number of benzene rings is 2.